The predicted octanol–water partition coefficient (Wildman–Crippen LogP) is -0.119. The number of hydrogen-bond donors (Lipinski definition) is 4. The fourth-order valence-corrected chi connectivity index (χ4v) is 1.50. The molecule has 1 aromatic rings. The molecule has 8 heteroatoms. The largest absolute Gasteiger partial charge is 0.370 e. The van der Waals surface area contributed by atoms with Gasteiger partial charge in [0.25, 0.3) is 5.91 Å². The third-order valence-corrected chi connectivity index (χ3v) is 2.58. The Morgan fingerprint density at radius 3 is 2.65 bits per heavy atom. The molecule has 0 aliphatic carbocycles. The molecule has 1 rings (SSSR count). The van der Waals surface area contributed by atoms with Crippen LogP contribution in [0.4, 0.5) is 5.69 Å². The number of hydrazine groups is 1. The molecule has 0 aliphatic heterocycles. The Bertz CT molecular complexity index is 489. The zero-order valence-corrected chi connectivity index (χ0v) is 11.6. The number of anilines is 1. The van der Waals surface area contributed by atoms with Crippen LogP contribution in [0.25, 0.3) is 0 Å². The summed E-state index contributed by atoms with van der Waals surface area (Å²) in [5.74, 6) is 5.24. The molecule has 0 saturated carbocycles. The van der Waals surface area contributed by atoms with Gasteiger partial charge in [-0.05, 0) is 6.42 Å². The third kappa shape index (κ3) is 4.47. The fourth-order valence-electron chi connectivity index (χ4n) is 1.50. The second-order valence-corrected chi connectivity index (χ2v) is 4.62. The van der Waals surface area contributed by atoms with Crippen LogP contribution in [0.5, 0.6) is 0 Å². The molecule has 8 nitrogen and oxygen atoms in total. The number of nitrogens with two attached hydrogens (primary N) is 2. The van der Waals surface area contributed by atoms with Gasteiger partial charge in [0.15, 0.2) is 5.69 Å². The fraction of sp³-hybridized carbons (Fsp3) is 0.500. The van der Waals surface area contributed by atoms with Crippen molar-refractivity contribution in [2.45, 2.75) is 32.6 Å². The van der Waals surface area contributed by atoms with Gasteiger partial charge in [0.1, 0.15) is 5.82 Å². The first-order chi connectivity index (χ1) is 9.45. The van der Waals surface area contributed by atoms with Gasteiger partial charge < -0.3 is 16.5 Å². The Labute approximate surface area is 117 Å². The van der Waals surface area contributed by atoms with Gasteiger partial charge in [0, 0.05) is 18.9 Å². The van der Waals surface area contributed by atoms with Crippen molar-refractivity contribution in [2.75, 3.05) is 12.0 Å². The van der Waals surface area contributed by atoms with Gasteiger partial charge >= 0.3 is 0 Å². The average molecular weight is 280 g/mol. The average Bonchev–Trinajstić information content (AvgIpc) is 2.42. The van der Waals surface area contributed by atoms with Crippen LogP contribution in [0.1, 0.15) is 48.9 Å². The van der Waals surface area contributed by atoms with E-state index in [0.717, 1.165) is 0 Å². The Morgan fingerprint density at radius 2 is 2.10 bits per heavy atom. The number of aromatic nitrogens is 2. The molecule has 110 valence electrons. The molecule has 2 amide bonds. The van der Waals surface area contributed by atoms with Gasteiger partial charge in [-0.1, -0.05) is 13.8 Å². The Balaban J connectivity index is 2.74. The smallest absolute Gasteiger partial charge is 0.272 e. The summed E-state index contributed by atoms with van der Waals surface area (Å²) >= 11 is 0. The maximum absolute atomic E-state index is 12.0. The Morgan fingerprint density at radius 1 is 1.40 bits per heavy atom. The molecule has 1 aromatic heterocycles. The van der Waals surface area contributed by atoms with E-state index in [4.69, 9.17) is 11.6 Å². The minimum atomic E-state index is -0.396. The molecular formula is C12H20N6O2. The number of primary amides is 1. The lowest BCUT2D eigenvalue weighted by Crippen LogP contribution is -2.28. The molecule has 0 saturated heterocycles. The lowest BCUT2D eigenvalue weighted by molar-refractivity contribution is -0.118. The summed E-state index contributed by atoms with van der Waals surface area (Å²) in [5.41, 5.74) is 7.95. The van der Waals surface area contributed by atoms with E-state index in [1.807, 2.05) is 13.8 Å². The van der Waals surface area contributed by atoms with E-state index >= 15 is 0 Å². The zero-order chi connectivity index (χ0) is 15.1. The van der Waals surface area contributed by atoms with Crippen LogP contribution >= 0.6 is 0 Å². The normalized spacial score (nSPS) is 10.4. The Hall–Kier alpha value is -2.22. The van der Waals surface area contributed by atoms with Crippen LogP contribution < -0.4 is 22.3 Å². The quantitative estimate of drug-likeness (QED) is 0.312. The number of nitrogens with one attached hydrogen (secondary N) is 2. The topological polar surface area (TPSA) is 136 Å². The number of rotatable bonds is 7. The standard InChI is InChI=1S/C12H20N6O2/c1-7(2)11-16-6-8(18-14)10(17-11)12(20)15-5-3-4-9(13)19/h6-7,18H,3-5,14H2,1-2H3,(H2,13,19)(H,15,20). The van der Waals surface area contributed by atoms with Gasteiger partial charge in [-0.15, -0.1) is 0 Å². The third-order valence-electron chi connectivity index (χ3n) is 2.58. The van der Waals surface area contributed by atoms with Crippen molar-refractivity contribution in [1.82, 2.24) is 15.3 Å². The van der Waals surface area contributed by atoms with E-state index in [0.29, 0.717) is 24.5 Å². The van der Waals surface area contributed by atoms with Gasteiger partial charge in [-0.2, -0.15) is 0 Å². The van der Waals surface area contributed by atoms with Crippen LogP contribution in [0.3, 0.4) is 0 Å². The molecule has 6 N–H and O–H groups in total. The van der Waals surface area contributed by atoms with Crippen molar-refractivity contribution < 1.29 is 9.59 Å². The summed E-state index contributed by atoms with van der Waals surface area (Å²) in [6.45, 7) is 4.20. The van der Waals surface area contributed by atoms with E-state index in [1.165, 1.54) is 6.20 Å². The summed E-state index contributed by atoms with van der Waals surface area (Å²) < 4.78 is 0. The van der Waals surface area contributed by atoms with Crippen LogP contribution in [0.15, 0.2) is 6.20 Å². The number of amides is 2. The highest BCUT2D eigenvalue weighted by molar-refractivity contribution is 5.97. The first kappa shape index (κ1) is 15.8. The van der Waals surface area contributed by atoms with Gasteiger partial charge in [0.2, 0.25) is 5.91 Å². The SMILES string of the molecule is CC(C)c1ncc(NN)c(C(=O)NCCCC(N)=O)n1. The van der Waals surface area contributed by atoms with Crippen LogP contribution in [-0.2, 0) is 4.79 Å². The zero-order valence-electron chi connectivity index (χ0n) is 11.6. The maximum atomic E-state index is 12.0. The van der Waals surface area contributed by atoms with E-state index in [9.17, 15) is 9.59 Å². The number of carbonyl (C=O) groups is 2. The van der Waals surface area contributed by atoms with Crippen molar-refractivity contribution >= 4 is 17.5 Å². The van der Waals surface area contributed by atoms with Crippen molar-refractivity contribution in [3.05, 3.63) is 17.7 Å². The highest BCUT2D eigenvalue weighted by Gasteiger charge is 2.15. The molecular weight excluding hydrogens is 260 g/mol. The van der Waals surface area contributed by atoms with Crippen molar-refractivity contribution in [2.24, 2.45) is 11.6 Å². The van der Waals surface area contributed by atoms with Crippen molar-refractivity contribution in [1.29, 1.82) is 0 Å². The monoisotopic (exact) mass is 280 g/mol. The molecule has 1 heterocycles. The van der Waals surface area contributed by atoms with E-state index in [1.54, 1.807) is 0 Å². The summed E-state index contributed by atoms with van der Waals surface area (Å²) in [6, 6.07) is 0. The lowest BCUT2D eigenvalue weighted by atomic mass is 10.2. The minimum absolute atomic E-state index is 0.100. The summed E-state index contributed by atoms with van der Waals surface area (Å²) in [6.07, 6.45) is 2.18. The molecule has 0 fully saturated rings. The summed E-state index contributed by atoms with van der Waals surface area (Å²) in [4.78, 5) is 30.9. The Kier molecular flexibility index (Phi) is 5.85. The number of hydrogen-bond acceptors (Lipinski definition) is 6. The van der Waals surface area contributed by atoms with E-state index < -0.39 is 5.91 Å². The highest BCUT2D eigenvalue weighted by Crippen LogP contribution is 2.15. The highest BCUT2D eigenvalue weighted by atomic mass is 16.2. The molecule has 0 spiro atoms. The summed E-state index contributed by atoms with van der Waals surface area (Å²) in [5, 5.41) is 2.66. The molecule has 0 bridgehead atoms. The second-order valence-electron chi connectivity index (χ2n) is 4.62. The molecule has 0 radical (unpaired) electrons. The van der Waals surface area contributed by atoms with Crippen molar-refractivity contribution in [3.8, 4) is 0 Å². The first-order valence-electron chi connectivity index (χ1n) is 6.35. The van der Waals surface area contributed by atoms with Crippen LogP contribution in [0.2, 0.25) is 0 Å². The van der Waals surface area contributed by atoms with Gasteiger partial charge in [-0.25, -0.2) is 9.97 Å². The molecule has 0 aliphatic rings. The molecule has 0 atom stereocenters. The maximum Gasteiger partial charge on any atom is 0.272 e. The number of nitrogens with zero attached hydrogens (tertiary/aromatic N) is 2. The van der Waals surface area contributed by atoms with Crippen molar-refractivity contribution in [3.63, 3.8) is 0 Å². The second kappa shape index (κ2) is 7.39. The van der Waals surface area contributed by atoms with Gasteiger partial charge in [0.05, 0.1) is 11.9 Å². The minimum Gasteiger partial charge on any atom is -0.370 e. The van der Waals surface area contributed by atoms with Crippen LogP contribution in [0, 0.1) is 0 Å². The number of carbonyl (C=O) groups excluding carboxylic acids is 2. The summed E-state index contributed by atoms with van der Waals surface area (Å²) in [7, 11) is 0. The van der Waals surface area contributed by atoms with E-state index in [2.05, 4.69) is 20.7 Å². The predicted molar refractivity (Wildman–Crippen MR) is 74.7 cm³/mol. The number of nitrogen functional groups attached to an aromatic ring is 1. The molecule has 0 unspecified atom stereocenters. The lowest BCUT2D eigenvalue weighted by Gasteiger charge is -2.11. The first-order valence-corrected chi connectivity index (χ1v) is 6.35. The van der Waals surface area contributed by atoms with Crippen LogP contribution in [-0.4, -0.2) is 28.3 Å². The molecule has 0 aromatic carbocycles. The molecule has 20 heavy (non-hydrogen) atoms. The van der Waals surface area contributed by atoms with Gasteiger partial charge in [-0.3, -0.25) is 15.4 Å². The van der Waals surface area contributed by atoms with E-state index in [-0.39, 0.29) is 23.9 Å².